The number of esters is 1. The summed E-state index contributed by atoms with van der Waals surface area (Å²) in [5.41, 5.74) is 6.58. The van der Waals surface area contributed by atoms with Crippen LogP contribution in [0.2, 0.25) is 0 Å². The second-order valence-electron chi connectivity index (χ2n) is 4.93. The molecule has 0 bridgehead atoms. The van der Waals surface area contributed by atoms with Crippen molar-refractivity contribution in [3.63, 3.8) is 0 Å². The first-order valence-corrected chi connectivity index (χ1v) is 7.11. The predicted octanol–water partition coefficient (Wildman–Crippen LogP) is 3.45. The average molecular weight is 263 g/mol. The van der Waals surface area contributed by atoms with Crippen LogP contribution in [-0.4, -0.2) is 12.5 Å². The van der Waals surface area contributed by atoms with Gasteiger partial charge < -0.3 is 10.5 Å². The molecule has 2 unspecified atom stereocenters. The zero-order valence-corrected chi connectivity index (χ0v) is 12.0. The van der Waals surface area contributed by atoms with Crippen molar-refractivity contribution in [2.24, 2.45) is 11.7 Å². The largest absolute Gasteiger partial charge is 0.458 e. The summed E-state index contributed by atoms with van der Waals surface area (Å²) >= 11 is 0. The minimum Gasteiger partial charge on any atom is -0.458 e. The van der Waals surface area contributed by atoms with Crippen molar-refractivity contribution in [3.05, 3.63) is 35.9 Å². The summed E-state index contributed by atoms with van der Waals surface area (Å²) in [6.07, 6.45) is 3.23. The van der Waals surface area contributed by atoms with Crippen molar-refractivity contribution in [2.75, 3.05) is 6.54 Å². The van der Waals surface area contributed by atoms with Crippen molar-refractivity contribution in [2.45, 2.75) is 45.6 Å². The Morgan fingerprint density at radius 2 is 1.95 bits per heavy atom. The van der Waals surface area contributed by atoms with Gasteiger partial charge in [0.15, 0.2) is 0 Å². The normalized spacial score (nSPS) is 13.8. The van der Waals surface area contributed by atoms with Crippen LogP contribution in [0.3, 0.4) is 0 Å². The van der Waals surface area contributed by atoms with Gasteiger partial charge in [0.1, 0.15) is 6.10 Å². The molecule has 0 radical (unpaired) electrons. The van der Waals surface area contributed by atoms with Gasteiger partial charge in [-0.15, -0.1) is 0 Å². The Bertz CT molecular complexity index is 364. The fraction of sp³-hybridized carbons (Fsp3) is 0.562. The molecule has 1 aromatic rings. The van der Waals surface area contributed by atoms with E-state index in [-0.39, 0.29) is 12.1 Å². The van der Waals surface area contributed by atoms with Crippen LogP contribution in [0.15, 0.2) is 30.3 Å². The monoisotopic (exact) mass is 263 g/mol. The van der Waals surface area contributed by atoms with Crippen LogP contribution in [0.5, 0.6) is 0 Å². The van der Waals surface area contributed by atoms with E-state index in [0.717, 1.165) is 24.8 Å². The van der Waals surface area contributed by atoms with E-state index in [1.165, 1.54) is 0 Å². The van der Waals surface area contributed by atoms with E-state index in [4.69, 9.17) is 10.5 Å². The highest BCUT2D eigenvalue weighted by Crippen LogP contribution is 2.19. The van der Waals surface area contributed by atoms with Crippen molar-refractivity contribution < 1.29 is 9.53 Å². The van der Waals surface area contributed by atoms with Crippen molar-refractivity contribution in [1.82, 2.24) is 0 Å². The minimum atomic E-state index is -0.178. The van der Waals surface area contributed by atoms with E-state index in [9.17, 15) is 4.79 Å². The van der Waals surface area contributed by atoms with Gasteiger partial charge >= 0.3 is 5.97 Å². The molecule has 106 valence electrons. The van der Waals surface area contributed by atoms with Crippen LogP contribution >= 0.6 is 0 Å². The molecule has 0 spiro atoms. The lowest BCUT2D eigenvalue weighted by Crippen LogP contribution is -2.13. The van der Waals surface area contributed by atoms with Gasteiger partial charge in [-0.3, -0.25) is 4.79 Å². The van der Waals surface area contributed by atoms with Gasteiger partial charge in [-0.05, 0) is 37.8 Å². The molecular formula is C16H25NO2. The minimum absolute atomic E-state index is 0.119. The summed E-state index contributed by atoms with van der Waals surface area (Å²) in [6.45, 7) is 4.73. The number of hydrogen-bond donors (Lipinski definition) is 1. The second-order valence-corrected chi connectivity index (χ2v) is 4.93. The fourth-order valence-corrected chi connectivity index (χ4v) is 2.16. The van der Waals surface area contributed by atoms with Gasteiger partial charge in [0.05, 0.1) is 0 Å². The lowest BCUT2D eigenvalue weighted by Gasteiger charge is -2.16. The van der Waals surface area contributed by atoms with Crippen molar-refractivity contribution in [1.29, 1.82) is 0 Å². The van der Waals surface area contributed by atoms with Crippen molar-refractivity contribution in [3.8, 4) is 0 Å². The molecule has 1 aromatic carbocycles. The summed E-state index contributed by atoms with van der Waals surface area (Å²) in [5, 5.41) is 0. The molecule has 3 nitrogen and oxygen atoms in total. The number of carbonyl (C=O) groups is 1. The highest BCUT2D eigenvalue weighted by Gasteiger charge is 2.13. The van der Waals surface area contributed by atoms with E-state index in [2.05, 4.69) is 6.92 Å². The maximum Gasteiger partial charge on any atom is 0.306 e. The van der Waals surface area contributed by atoms with Gasteiger partial charge in [0, 0.05) is 6.42 Å². The third-order valence-electron chi connectivity index (χ3n) is 3.49. The predicted molar refractivity (Wildman–Crippen MR) is 77.6 cm³/mol. The van der Waals surface area contributed by atoms with Crippen molar-refractivity contribution >= 4 is 5.97 Å². The molecule has 19 heavy (non-hydrogen) atoms. The Labute approximate surface area is 116 Å². The molecule has 0 aliphatic heterocycles. The third kappa shape index (κ3) is 5.88. The highest BCUT2D eigenvalue weighted by atomic mass is 16.5. The average Bonchev–Trinajstić information content (AvgIpc) is 2.44. The van der Waals surface area contributed by atoms with Crippen LogP contribution in [0.25, 0.3) is 0 Å². The van der Waals surface area contributed by atoms with E-state index in [1.54, 1.807) is 0 Å². The SMILES string of the molecule is CCC(CCN)CCC(=O)OC(C)c1ccccc1. The Hall–Kier alpha value is -1.35. The van der Waals surface area contributed by atoms with Crippen LogP contribution in [0.4, 0.5) is 0 Å². The quantitative estimate of drug-likeness (QED) is 0.731. The van der Waals surface area contributed by atoms with Gasteiger partial charge in [0.2, 0.25) is 0 Å². The first-order chi connectivity index (χ1) is 9.17. The number of hydrogen-bond acceptors (Lipinski definition) is 3. The van der Waals surface area contributed by atoms with Crippen LogP contribution in [0, 0.1) is 5.92 Å². The molecule has 2 atom stereocenters. The molecule has 0 amide bonds. The molecule has 3 heteroatoms. The van der Waals surface area contributed by atoms with Gasteiger partial charge in [-0.25, -0.2) is 0 Å². The Balaban J connectivity index is 2.35. The third-order valence-corrected chi connectivity index (χ3v) is 3.49. The van der Waals surface area contributed by atoms with Crippen LogP contribution in [0.1, 0.15) is 51.2 Å². The molecule has 0 fully saturated rings. The summed E-state index contributed by atoms with van der Waals surface area (Å²) in [6, 6.07) is 9.81. The lowest BCUT2D eigenvalue weighted by atomic mass is 9.97. The number of rotatable bonds is 8. The fourth-order valence-electron chi connectivity index (χ4n) is 2.16. The van der Waals surface area contributed by atoms with Crippen LogP contribution < -0.4 is 5.73 Å². The molecule has 0 aliphatic rings. The maximum atomic E-state index is 11.8. The molecule has 0 saturated carbocycles. The molecule has 2 N–H and O–H groups in total. The zero-order chi connectivity index (χ0) is 14.1. The van der Waals surface area contributed by atoms with Crippen LogP contribution in [-0.2, 0) is 9.53 Å². The van der Waals surface area contributed by atoms with E-state index >= 15 is 0 Å². The molecule has 1 rings (SSSR count). The molecule has 0 aliphatic carbocycles. The number of carbonyl (C=O) groups excluding carboxylic acids is 1. The maximum absolute atomic E-state index is 11.8. The van der Waals surface area contributed by atoms with E-state index in [1.807, 2.05) is 37.3 Å². The lowest BCUT2D eigenvalue weighted by molar-refractivity contribution is -0.149. The smallest absolute Gasteiger partial charge is 0.306 e. The Kier molecular flexibility index (Phi) is 7.19. The first kappa shape index (κ1) is 15.7. The number of benzene rings is 1. The number of ether oxygens (including phenoxy) is 1. The highest BCUT2D eigenvalue weighted by molar-refractivity contribution is 5.69. The topological polar surface area (TPSA) is 52.3 Å². The summed E-state index contributed by atoms with van der Waals surface area (Å²) < 4.78 is 5.44. The summed E-state index contributed by atoms with van der Waals surface area (Å²) in [4.78, 5) is 11.8. The molecule has 0 saturated heterocycles. The zero-order valence-electron chi connectivity index (χ0n) is 12.0. The van der Waals surface area contributed by atoms with Gasteiger partial charge in [-0.2, -0.15) is 0 Å². The van der Waals surface area contributed by atoms with Gasteiger partial charge in [0.25, 0.3) is 0 Å². The summed E-state index contributed by atoms with van der Waals surface area (Å²) in [7, 11) is 0. The number of nitrogens with two attached hydrogens (primary N) is 1. The second kappa shape index (κ2) is 8.70. The molecular weight excluding hydrogens is 238 g/mol. The van der Waals surface area contributed by atoms with Gasteiger partial charge in [-0.1, -0.05) is 43.7 Å². The van der Waals surface area contributed by atoms with E-state index < -0.39 is 0 Å². The Morgan fingerprint density at radius 1 is 1.26 bits per heavy atom. The first-order valence-electron chi connectivity index (χ1n) is 7.11. The Morgan fingerprint density at radius 3 is 2.53 bits per heavy atom. The van der Waals surface area contributed by atoms with E-state index in [0.29, 0.717) is 18.9 Å². The summed E-state index contributed by atoms with van der Waals surface area (Å²) in [5.74, 6) is 0.413. The molecule has 0 heterocycles. The molecule has 0 aromatic heterocycles. The standard InChI is InChI=1S/C16H25NO2/c1-3-14(11-12-17)9-10-16(18)19-13(2)15-7-5-4-6-8-15/h4-8,13-14H,3,9-12,17H2,1-2H3.